The summed E-state index contributed by atoms with van der Waals surface area (Å²) in [6.07, 6.45) is 1.55. The van der Waals surface area contributed by atoms with Crippen molar-refractivity contribution in [3.8, 4) is 5.69 Å². The topological polar surface area (TPSA) is 87.1 Å². The van der Waals surface area contributed by atoms with Crippen molar-refractivity contribution in [1.82, 2.24) is 19.9 Å². The van der Waals surface area contributed by atoms with Crippen LogP contribution in [0.3, 0.4) is 0 Å². The van der Waals surface area contributed by atoms with Crippen molar-refractivity contribution in [2.45, 2.75) is 26.4 Å². The number of nitrogens with one attached hydrogen (secondary N) is 3. The SMILES string of the molecule is CN=CNc1nc(Cl)[nH]c1CN[C@@H](C)c1cc2cccc(C)c2c(=O)n1-c1ccccc1. The lowest BCUT2D eigenvalue weighted by Gasteiger charge is -2.21. The van der Waals surface area contributed by atoms with Crippen LogP contribution in [-0.2, 0) is 6.54 Å². The first-order valence-electron chi connectivity index (χ1n) is 10.3. The first-order chi connectivity index (χ1) is 15.5. The van der Waals surface area contributed by atoms with E-state index >= 15 is 0 Å². The quantitative estimate of drug-likeness (QED) is 0.285. The molecule has 0 saturated carbocycles. The Morgan fingerprint density at radius 1 is 1.22 bits per heavy atom. The maximum atomic E-state index is 13.6. The summed E-state index contributed by atoms with van der Waals surface area (Å²) in [6, 6.07) is 17.6. The maximum Gasteiger partial charge on any atom is 0.263 e. The molecule has 0 fully saturated rings. The number of hydrogen-bond acceptors (Lipinski definition) is 4. The van der Waals surface area contributed by atoms with Gasteiger partial charge in [0, 0.05) is 31.0 Å². The van der Waals surface area contributed by atoms with E-state index in [1.165, 1.54) is 0 Å². The number of para-hydroxylation sites is 1. The Balaban J connectivity index is 1.74. The van der Waals surface area contributed by atoms with E-state index in [0.717, 1.165) is 33.4 Å². The third kappa shape index (κ3) is 4.30. The first-order valence-corrected chi connectivity index (χ1v) is 10.7. The van der Waals surface area contributed by atoms with E-state index in [1.807, 2.05) is 62.4 Å². The van der Waals surface area contributed by atoms with Gasteiger partial charge in [0.15, 0.2) is 5.82 Å². The molecule has 0 bridgehead atoms. The van der Waals surface area contributed by atoms with Crippen LogP contribution in [0.5, 0.6) is 0 Å². The van der Waals surface area contributed by atoms with Crippen molar-refractivity contribution < 1.29 is 0 Å². The van der Waals surface area contributed by atoms with Crippen molar-refractivity contribution in [3.63, 3.8) is 0 Å². The van der Waals surface area contributed by atoms with E-state index in [1.54, 1.807) is 18.0 Å². The highest BCUT2D eigenvalue weighted by Gasteiger charge is 2.18. The Morgan fingerprint density at radius 2 is 2.00 bits per heavy atom. The molecule has 0 aliphatic rings. The molecule has 2 heterocycles. The lowest BCUT2D eigenvalue weighted by molar-refractivity contribution is 0.545. The number of imidazole rings is 1. The molecule has 0 radical (unpaired) electrons. The van der Waals surface area contributed by atoms with Crippen LogP contribution in [-0.4, -0.2) is 27.9 Å². The van der Waals surface area contributed by atoms with Gasteiger partial charge in [-0.05, 0) is 54.6 Å². The normalized spacial score (nSPS) is 12.5. The number of aromatic amines is 1. The van der Waals surface area contributed by atoms with Crippen molar-refractivity contribution in [2.75, 3.05) is 12.4 Å². The molecule has 0 aliphatic heterocycles. The lowest BCUT2D eigenvalue weighted by Crippen LogP contribution is -2.29. The Hall–Kier alpha value is -3.42. The van der Waals surface area contributed by atoms with Gasteiger partial charge in [-0.25, -0.2) is 4.98 Å². The van der Waals surface area contributed by atoms with Gasteiger partial charge in [0.1, 0.15) is 0 Å². The van der Waals surface area contributed by atoms with E-state index in [2.05, 4.69) is 31.7 Å². The van der Waals surface area contributed by atoms with Gasteiger partial charge in [-0.1, -0.05) is 36.4 Å². The third-order valence-corrected chi connectivity index (χ3v) is 5.59. The molecule has 7 nitrogen and oxygen atoms in total. The molecule has 1 atom stereocenters. The summed E-state index contributed by atoms with van der Waals surface area (Å²) in [5, 5.41) is 8.46. The number of nitrogens with zero attached hydrogens (tertiary/aromatic N) is 3. The standard InChI is InChI=1S/C24H25ClN6O/c1-15-8-7-9-17-12-20(31(23(32)21(15)17)18-10-5-4-6-11-18)16(2)27-13-19-22(28-14-26-3)30-24(25)29-19/h4-12,14,16,27H,13H2,1-3H3,(H,26,28)(H,29,30)/t16-/m0/s1. The van der Waals surface area contributed by atoms with Gasteiger partial charge >= 0.3 is 0 Å². The Bertz CT molecular complexity index is 1330. The fourth-order valence-corrected chi connectivity index (χ4v) is 4.03. The molecule has 0 unspecified atom stereocenters. The molecule has 0 amide bonds. The molecule has 8 heteroatoms. The minimum Gasteiger partial charge on any atom is -0.330 e. The number of hydrogen-bond donors (Lipinski definition) is 3. The molecule has 2 aromatic heterocycles. The summed E-state index contributed by atoms with van der Waals surface area (Å²) in [4.78, 5) is 24.8. The van der Waals surface area contributed by atoms with Crippen molar-refractivity contribution in [3.05, 3.63) is 87.2 Å². The summed E-state index contributed by atoms with van der Waals surface area (Å²) in [6.45, 7) is 4.47. The van der Waals surface area contributed by atoms with E-state index in [-0.39, 0.29) is 11.6 Å². The predicted molar refractivity (Wildman–Crippen MR) is 131 cm³/mol. The average molecular weight is 449 g/mol. The number of H-pyrrole nitrogens is 1. The maximum absolute atomic E-state index is 13.6. The zero-order valence-electron chi connectivity index (χ0n) is 18.2. The zero-order chi connectivity index (χ0) is 22.7. The molecule has 164 valence electrons. The van der Waals surface area contributed by atoms with Crippen molar-refractivity contribution in [2.24, 2.45) is 4.99 Å². The van der Waals surface area contributed by atoms with Gasteiger partial charge in [0.05, 0.1) is 17.4 Å². The van der Waals surface area contributed by atoms with Crippen LogP contribution in [0.15, 0.2) is 64.4 Å². The number of aryl methyl sites for hydroxylation is 1. The van der Waals surface area contributed by atoms with E-state index in [4.69, 9.17) is 11.6 Å². The van der Waals surface area contributed by atoms with Crippen LogP contribution in [0.2, 0.25) is 5.28 Å². The van der Waals surface area contributed by atoms with Crippen LogP contribution in [0.1, 0.15) is 29.9 Å². The summed E-state index contributed by atoms with van der Waals surface area (Å²) in [5.74, 6) is 0.606. The van der Waals surface area contributed by atoms with Crippen LogP contribution in [0.25, 0.3) is 16.5 Å². The predicted octanol–water partition coefficient (Wildman–Crippen LogP) is 4.60. The minimum atomic E-state index is -0.136. The van der Waals surface area contributed by atoms with Crippen molar-refractivity contribution >= 4 is 34.5 Å². The Labute approximate surface area is 191 Å². The number of fused-ring (bicyclic) bond motifs is 1. The molecule has 2 aromatic carbocycles. The Kier molecular flexibility index (Phi) is 6.39. The summed E-state index contributed by atoms with van der Waals surface area (Å²) in [5.41, 5.74) is 3.44. The van der Waals surface area contributed by atoms with Crippen LogP contribution >= 0.6 is 11.6 Å². The molecule has 3 N–H and O–H groups in total. The first kappa shape index (κ1) is 21.8. The average Bonchev–Trinajstić information content (AvgIpc) is 3.15. The van der Waals surface area contributed by atoms with Gasteiger partial charge in [0.2, 0.25) is 5.28 Å². The van der Waals surface area contributed by atoms with Crippen LogP contribution in [0, 0.1) is 6.92 Å². The van der Waals surface area contributed by atoms with Gasteiger partial charge in [-0.3, -0.25) is 14.4 Å². The van der Waals surface area contributed by atoms with E-state index < -0.39 is 0 Å². The largest absolute Gasteiger partial charge is 0.330 e. The van der Waals surface area contributed by atoms with Crippen LogP contribution < -0.4 is 16.2 Å². The second-order valence-corrected chi connectivity index (χ2v) is 7.93. The summed E-state index contributed by atoms with van der Waals surface area (Å²) < 4.78 is 1.79. The molecular formula is C24H25ClN6O. The molecule has 0 spiro atoms. The van der Waals surface area contributed by atoms with E-state index in [0.29, 0.717) is 17.6 Å². The molecule has 4 rings (SSSR count). The number of aromatic nitrogens is 3. The zero-order valence-corrected chi connectivity index (χ0v) is 18.9. The smallest absolute Gasteiger partial charge is 0.263 e. The second kappa shape index (κ2) is 9.38. The van der Waals surface area contributed by atoms with Gasteiger partial charge in [-0.15, -0.1) is 0 Å². The Morgan fingerprint density at radius 3 is 2.75 bits per heavy atom. The molecular weight excluding hydrogens is 424 g/mol. The third-order valence-electron chi connectivity index (χ3n) is 5.41. The van der Waals surface area contributed by atoms with Crippen molar-refractivity contribution in [1.29, 1.82) is 0 Å². The fourth-order valence-electron chi connectivity index (χ4n) is 3.83. The number of pyridine rings is 1. The highest BCUT2D eigenvalue weighted by Crippen LogP contribution is 2.24. The number of halogens is 1. The highest BCUT2D eigenvalue weighted by atomic mass is 35.5. The molecule has 0 saturated heterocycles. The molecule has 0 aliphatic carbocycles. The highest BCUT2D eigenvalue weighted by molar-refractivity contribution is 6.28. The molecule has 32 heavy (non-hydrogen) atoms. The number of anilines is 1. The molecule has 4 aromatic rings. The fraction of sp³-hybridized carbons (Fsp3) is 0.208. The minimum absolute atomic E-state index is 0.0263. The monoisotopic (exact) mass is 448 g/mol. The number of aliphatic imine (C=N–C) groups is 1. The number of benzene rings is 2. The lowest BCUT2D eigenvalue weighted by atomic mass is 10.0. The van der Waals surface area contributed by atoms with Gasteiger partial charge < -0.3 is 15.6 Å². The van der Waals surface area contributed by atoms with Gasteiger partial charge in [-0.2, -0.15) is 0 Å². The summed E-state index contributed by atoms with van der Waals surface area (Å²) in [7, 11) is 1.67. The van der Waals surface area contributed by atoms with Gasteiger partial charge in [0.25, 0.3) is 5.56 Å². The van der Waals surface area contributed by atoms with E-state index in [9.17, 15) is 4.79 Å². The van der Waals surface area contributed by atoms with Crippen LogP contribution in [0.4, 0.5) is 5.82 Å². The summed E-state index contributed by atoms with van der Waals surface area (Å²) >= 11 is 6.06. The second-order valence-electron chi connectivity index (χ2n) is 7.57. The number of rotatable bonds is 7.